The van der Waals surface area contributed by atoms with Crippen molar-refractivity contribution < 1.29 is 4.74 Å². The lowest BCUT2D eigenvalue weighted by molar-refractivity contribution is 0.0397. The van der Waals surface area contributed by atoms with Gasteiger partial charge in [-0.3, -0.25) is 5.01 Å². The molecule has 0 N–H and O–H groups in total. The van der Waals surface area contributed by atoms with Gasteiger partial charge in [0.1, 0.15) is 0 Å². The van der Waals surface area contributed by atoms with Crippen LogP contribution in [0, 0.1) is 11.8 Å². The van der Waals surface area contributed by atoms with Crippen molar-refractivity contribution >= 4 is 6.21 Å². The lowest BCUT2D eigenvalue weighted by Gasteiger charge is -2.22. The van der Waals surface area contributed by atoms with Gasteiger partial charge in [0.2, 0.25) is 0 Å². The zero-order valence-electron chi connectivity index (χ0n) is 9.10. The second kappa shape index (κ2) is 5.94. The third-order valence-corrected chi connectivity index (χ3v) is 2.26. The standard InChI is InChI=1S/C13H14N2O/c1-2-5-13(6-3-1)7-4-8-14-15-9-11-16-12-10-15/h1-3,5-6,8H,9-12H2/b14-8-. The molecule has 1 aromatic carbocycles. The van der Waals surface area contributed by atoms with E-state index in [0.29, 0.717) is 0 Å². The molecule has 0 radical (unpaired) electrons. The highest BCUT2D eigenvalue weighted by Gasteiger charge is 2.05. The van der Waals surface area contributed by atoms with Crippen LogP contribution >= 0.6 is 0 Å². The summed E-state index contributed by atoms with van der Waals surface area (Å²) < 4.78 is 5.22. The first-order valence-electron chi connectivity index (χ1n) is 5.37. The minimum atomic E-state index is 0.753. The predicted molar refractivity (Wildman–Crippen MR) is 64.2 cm³/mol. The first kappa shape index (κ1) is 10.7. The van der Waals surface area contributed by atoms with Crippen molar-refractivity contribution in [2.24, 2.45) is 5.10 Å². The van der Waals surface area contributed by atoms with Gasteiger partial charge in [-0.25, -0.2) is 0 Å². The fraction of sp³-hybridized carbons (Fsp3) is 0.308. The summed E-state index contributed by atoms with van der Waals surface area (Å²) in [6.07, 6.45) is 1.65. The van der Waals surface area contributed by atoms with Gasteiger partial charge in [0.25, 0.3) is 0 Å². The largest absolute Gasteiger partial charge is 0.378 e. The smallest absolute Gasteiger partial charge is 0.0972 e. The van der Waals surface area contributed by atoms with E-state index >= 15 is 0 Å². The number of nitrogens with zero attached hydrogens (tertiary/aromatic N) is 2. The maximum absolute atomic E-state index is 5.22. The molecular formula is C13H14N2O. The van der Waals surface area contributed by atoms with Crippen LogP contribution in [0.3, 0.4) is 0 Å². The van der Waals surface area contributed by atoms with E-state index in [1.54, 1.807) is 6.21 Å². The molecule has 2 rings (SSSR count). The van der Waals surface area contributed by atoms with E-state index in [2.05, 4.69) is 16.9 Å². The Bertz CT molecular complexity index is 397. The summed E-state index contributed by atoms with van der Waals surface area (Å²) in [6.45, 7) is 3.21. The molecule has 0 amide bonds. The highest BCUT2D eigenvalue weighted by molar-refractivity contribution is 5.79. The number of ether oxygens (including phenoxy) is 1. The van der Waals surface area contributed by atoms with Crippen LogP contribution in [0.25, 0.3) is 0 Å². The van der Waals surface area contributed by atoms with Gasteiger partial charge < -0.3 is 4.74 Å². The highest BCUT2D eigenvalue weighted by atomic mass is 16.5. The molecule has 1 saturated heterocycles. The quantitative estimate of drug-likeness (QED) is 0.521. The third kappa shape index (κ3) is 3.41. The van der Waals surface area contributed by atoms with E-state index < -0.39 is 0 Å². The van der Waals surface area contributed by atoms with Gasteiger partial charge >= 0.3 is 0 Å². The molecule has 1 aromatic rings. The number of benzene rings is 1. The summed E-state index contributed by atoms with van der Waals surface area (Å²) in [6, 6.07) is 9.89. The first-order chi connectivity index (χ1) is 7.95. The molecule has 1 fully saturated rings. The van der Waals surface area contributed by atoms with Gasteiger partial charge in [0, 0.05) is 5.56 Å². The van der Waals surface area contributed by atoms with Crippen LogP contribution in [0.4, 0.5) is 0 Å². The molecular weight excluding hydrogens is 200 g/mol. The fourth-order valence-corrected chi connectivity index (χ4v) is 1.42. The Kier molecular flexibility index (Phi) is 3.98. The number of hydrogen-bond acceptors (Lipinski definition) is 3. The molecule has 3 nitrogen and oxygen atoms in total. The summed E-state index contributed by atoms with van der Waals surface area (Å²) >= 11 is 0. The maximum Gasteiger partial charge on any atom is 0.0972 e. The van der Waals surface area contributed by atoms with Gasteiger partial charge in [-0.05, 0) is 18.1 Å². The van der Waals surface area contributed by atoms with Gasteiger partial charge in [-0.1, -0.05) is 24.1 Å². The topological polar surface area (TPSA) is 24.8 Å². The Morgan fingerprint density at radius 1 is 1.19 bits per heavy atom. The minimum Gasteiger partial charge on any atom is -0.378 e. The number of rotatable bonds is 1. The highest BCUT2D eigenvalue weighted by Crippen LogP contribution is 1.96. The van der Waals surface area contributed by atoms with Crippen molar-refractivity contribution in [1.82, 2.24) is 5.01 Å². The molecule has 82 valence electrons. The normalized spacial score (nSPS) is 15.9. The molecule has 1 aliphatic rings. The molecule has 1 heterocycles. The second-order valence-corrected chi connectivity index (χ2v) is 3.45. The Morgan fingerprint density at radius 3 is 2.69 bits per heavy atom. The number of hydrazone groups is 1. The molecule has 3 heteroatoms. The summed E-state index contributed by atoms with van der Waals surface area (Å²) in [5.41, 5.74) is 1.01. The molecule has 0 aliphatic carbocycles. The Hall–Kier alpha value is -1.79. The van der Waals surface area contributed by atoms with Crippen LogP contribution in [-0.2, 0) is 4.74 Å². The molecule has 0 bridgehead atoms. The Morgan fingerprint density at radius 2 is 1.94 bits per heavy atom. The molecule has 0 aromatic heterocycles. The molecule has 1 aliphatic heterocycles. The summed E-state index contributed by atoms with van der Waals surface area (Å²) in [4.78, 5) is 0. The average molecular weight is 214 g/mol. The first-order valence-corrected chi connectivity index (χ1v) is 5.37. The summed E-state index contributed by atoms with van der Waals surface area (Å²) in [7, 11) is 0. The lowest BCUT2D eigenvalue weighted by atomic mass is 10.2. The minimum absolute atomic E-state index is 0.753. The zero-order valence-corrected chi connectivity index (χ0v) is 9.10. The van der Waals surface area contributed by atoms with Crippen LogP contribution in [0.1, 0.15) is 5.56 Å². The van der Waals surface area contributed by atoms with E-state index in [0.717, 1.165) is 31.9 Å². The summed E-state index contributed by atoms with van der Waals surface area (Å²) in [5.74, 6) is 5.95. The van der Waals surface area contributed by atoms with Crippen LogP contribution in [-0.4, -0.2) is 37.5 Å². The third-order valence-electron chi connectivity index (χ3n) is 2.26. The maximum atomic E-state index is 5.22. The van der Waals surface area contributed by atoms with Crippen molar-refractivity contribution in [3.63, 3.8) is 0 Å². The summed E-state index contributed by atoms with van der Waals surface area (Å²) in [5, 5.41) is 6.23. The molecule has 0 spiro atoms. The van der Waals surface area contributed by atoms with E-state index in [9.17, 15) is 0 Å². The van der Waals surface area contributed by atoms with Crippen molar-refractivity contribution in [2.45, 2.75) is 0 Å². The van der Waals surface area contributed by atoms with Crippen LogP contribution < -0.4 is 0 Å². The molecule has 0 unspecified atom stereocenters. The van der Waals surface area contributed by atoms with Crippen LogP contribution in [0.5, 0.6) is 0 Å². The number of hydrogen-bond donors (Lipinski definition) is 0. The lowest BCUT2D eigenvalue weighted by Crippen LogP contribution is -2.32. The van der Waals surface area contributed by atoms with Gasteiger partial charge in [0.05, 0.1) is 32.5 Å². The number of morpholine rings is 1. The van der Waals surface area contributed by atoms with Gasteiger partial charge in [-0.15, -0.1) is 0 Å². The van der Waals surface area contributed by atoms with E-state index in [1.807, 2.05) is 35.3 Å². The van der Waals surface area contributed by atoms with Crippen molar-refractivity contribution in [2.75, 3.05) is 26.3 Å². The van der Waals surface area contributed by atoms with E-state index in [1.165, 1.54) is 0 Å². The van der Waals surface area contributed by atoms with Crippen LogP contribution in [0.15, 0.2) is 35.4 Å². The average Bonchev–Trinajstić information content (AvgIpc) is 2.37. The van der Waals surface area contributed by atoms with Crippen molar-refractivity contribution in [3.8, 4) is 11.8 Å². The second-order valence-electron chi connectivity index (χ2n) is 3.45. The van der Waals surface area contributed by atoms with Crippen LogP contribution in [0.2, 0.25) is 0 Å². The zero-order chi connectivity index (χ0) is 11.1. The van der Waals surface area contributed by atoms with Crippen molar-refractivity contribution in [3.05, 3.63) is 35.9 Å². The molecule has 16 heavy (non-hydrogen) atoms. The predicted octanol–water partition coefficient (Wildman–Crippen LogP) is 1.36. The monoisotopic (exact) mass is 214 g/mol. The van der Waals surface area contributed by atoms with Gasteiger partial charge in [0.15, 0.2) is 0 Å². The van der Waals surface area contributed by atoms with E-state index in [4.69, 9.17) is 4.74 Å². The van der Waals surface area contributed by atoms with Crippen molar-refractivity contribution in [1.29, 1.82) is 0 Å². The molecule has 0 atom stereocenters. The Balaban J connectivity index is 1.86. The fourth-order valence-electron chi connectivity index (χ4n) is 1.42. The van der Waals surface area contributed by atoms with Gasteiger partial charge in [-0.2, -0.15) is 5.10 Å². The van der Waals surface area contributed by atoms with E-state index in [-0.39, 0.29) is 0 Å². The molecule has 0 saturated carbocycles. The SMILES string of the molecule is C(#Cc1ccccc1)/C=N\N1CCOCC1. The Labute approximate surface area is 95.7 Å².